The Morgan fingerprint density at radius 1 is 1.35 bits per heavy atom. The number of rotatable bonds is 4. The predicted octanol–water partition coefficient (Wildman–Crippen LogP) is 1.60. The lowest BCUT2D eigenvalue weighted by Crippen LogP contribution is -2.14. The van der Waals surface area contributed by atoms with Gasteiger partial charge in [0, 0.05) is 13.0 Å². The van der Waals surface area contributed by atoms with Gasteiger partial charge in [0.15, 0.2) is 0 Å². The molecule has 17 heavy (non-hydrogen) atoms. The van der Waals surface area contributed by atoms with Crippen LogP contribution in [0.25, 0.3) is 0 Å². The number of aryl methyl sites for hydroxylation is 2. The molecule has 90 valence electrons. The van der Waals surface area contributed by atoms with Crippen molar-refractivity contribution in [2.24, 2.45) is 12.8 Å². The minimum Gasteiger partial charge on any atom is -0.330 e. The Kier molecular flexibility index (Phi) is 3.54. The van der Waals surface area contributed by atoms with E-state index in [1.807, 2.05) is 11.7 Å². The van der Waals surface area contributed by atoms with Crippen molar-refractivity contribution in [3.8, 4) is 0 Å². The van der Waals surface area contributed by atoms with Crippen molar-refractivity contribution in [1.29, 1.82) is 0 Å². The van der Waals surface area contributed by atoms with Crippen molar-refractivity contribution >= 4 is 0 Å². The van der Waals surface area contributed by atoms with E-state index in [9.17, 15) is 0 Å². The molecular weight excluding hydrogens is 212 g/mol. The van der Waals surface area contributed by atoms with E-state index in [4.69, 9.17) is 5.73 Å². The van der Waals surface area contributed by atoms with Crippen LogP contribution in [0.4, 0.5) is 0 Å². The molecule has 1 atom stereocenters. The Hall–Kier alpha value is -1.68. The summed E-state index contributed by atoms with van der Waals surface area (Å²) >= 11 is 0. The molecule has 1 aromatic carbocycles. The number of hydrogen-bond acceptors (Lipinski definition) is 3. The SMILES string of the molecule is Cc1ccccc1C(CCN)c1ncnn1C. The van der Waals surface area contributed by atoms with Gasteiger partial charge in [0.1, 0.15) is 12.2 Å². The molecule has 2 aromatic rings. The zero-order chi connectivity index (χ0) is 12.3. The van der Waals surface area contributed by atoms with Gasteiger partial charge in [-0.1, -0.05) is 24.3 Å². The second-order valence-corrected chi connectivity index (χ2v) is 4.23. The van der Waals surface area contributed by atoms with Crippen molar-refractivity contribution in [2.75, 3.05) is 6.54 Å². The molecule has 0 radical (unpaired) electrons. The van der Waals surface area contributed by atoms with Crippen molar-refractivity contribution in [1.82, 2.24) is 14.8 Å². The van der Waals surface area contributed by atoms with Gasteiger partial charge in [0.25, 0.3) is 0 Å². The van der Waals surface area contributed by atoms with E-state index < -0.39 is 0 Å². The molecule has 0 aliphatic rings. The van der Waals surface area contributed by atoms with Crippen LogP contribution in [0, 0.1) is 6.92 Å². The molecule has 1 heterocycles. The number of aromatic nitrogens is 3. The molecule has 4 heteroatoms. The van der Waals surface area contributed by atoms with Crippen LogP contribution in [0.5, 0.6) is 0 Å². The van der Waals surface area contributed by atoms with Gasteiger partial charge in [0.05, 0.1) is 0 Å². The average molecular weight is 230 g/mol. The van der Waals surface area contributed by atoms with Crippen LogP contribution in [0.2, 0.25) is 0 Å². The summed E-state index contributed by atoms with van der Waals surface area (Å²) in [5, 5.41) is 4.14. The zero-order valence-electron chi connectivity index (χ0n) is 10.3. The predicted molar refractivity (Wildman–Crippen MR) is 67.7 cm³/mol. The third-order valence-electron chi connectivity index (χ3n) is 3.08. The van der Waals surface area contributed by atoms with E-state index in [0.29, 0.717) is 6.54 Å². The first-order valence-electron chi connectivity index (χ1n) is 5.83. The summed E-state index contributed by atoms with van der Waals surface area (Å²) in [6.07, 6.45) is 2.48. The van der Waals surface area contributed by atoms with Gasteiger partial charge >= 0.3 is 0 Å². The van der Waals surface area contributed by atoms with Gasteiger partial charge in [-0.05, 0) is 31.0 Å². The Bertz CT molecular complexity index is 490. The third-order valence-corrected chi connectivity index (χ3v) is 3.08. The Balaban J connectivity index is 2.43. The van der Waals surface area contributed by atoms with Crippen LogP contribution < -0.4 is 5.73 Å². The fraction of sp³-hybridized carbons (Fsp3) is 0.385. The highest BCUT2D eigenvalue weighted by Gasteiger charge is 2.19. The van der Waals surface area contributed by atoms with Gasteiger partial charge in [-0.3, -0.25) is 4.68 Å². The van der Waals surface area contributed by atoms with Gasteiger partial charge < -0.3 is 5.73 Å². The molecule has 0 aliphatic heterocycles. The molecule has 4 nitrogen and oxygen atoms in total. The molecule has 0 amide bonds. The van der Waals surface area contributed by atoms with E-state index >= 15 is 0 Å². The summed E-state index contributed by atoms with van der Waals surface area (Å²) in [7, 11) is 1.92. The number of nitrogens with two attached hydrogens (primary N) is 1. The fourth-order valence-corrected chi connectivity index (χ4v) is 2.19. The molecular formula is C13H18N4. The molecule has 0 spiro atoms. The van der Waals surface area contributed by atoms with Gasteiger partial charge in [-0.2, -0.15) is 5.10 Å². The maximum absolute atomic E-state index is 5.72. The normalized spacial score (nSPS) is 12.6. The molecule has 2 rings (SSSR count). The highest BCUT2D eigenvalue weighted by Crippen LogP contribution is 2.27. The van der Waals surface area contributed by atoms with Crippen molar-refractivity contribution in [3.05, 3.63) is 47.5 Å². The minimum absolute atomic E-state index is 0.230. The highest BCUT2D eigenvalue weighted by molar-refractivity contribution is 5.33. The Labute approximate surface area is 101 Å². The van der Waals surface area contributed by atoms with E-state index in [0.717, 1.165) is 12.2 Å². The fourth-order valence-electron chi connectivity index (χ4n) is 2.19. The second kappa shape index (κ2) is 5.10. The van der Waals surface area contributed by atoms with Gasteiger partial charge in [0.2, 0.25) is 0 Å². The van der Waals surface area contributed by atoms with Crippen LogP contribution in [-0.4, -0.2) is 21.3 Å². The van der Waals surface area contributed by atoms with E-state index in [1.54, 1.807) is 6.33 Å². The molecule has 0 fully saturated rings. The summed E-state index contributed by atoms with van der Waals surface area (Å²) in [5.74, 6) is 1.21. The lowest BCUT2D eigenvalue weighted by atomic mass is 9.91. The lowest BCUT2D eigenvalue weighted by molar-refractivity contribution is 0.614. The van der Waals surface area contributed by atoms with E-state index in [-0.39, 0.29) is 5.92 Å². The first-order valence-corrected chi connectivity index (χ1v) is 5.83. The maximum Gasteiger partial charge on any atom is 0.138 e. The first kappa shape index (κ1) is 11.8. The molecule has 0 saturated carbocycles. The highest BCUT2D eigenvalue weighted by atomic mass is 15.3. The topological polar surface area (TPSA) is 56.7 Å². The van der Waals surface area contributed by atoms with Crippen LogP contribution >= 0.6 is 0 Å². The summed E-state index contributed by atoms with van der Waals surface area (Å²) in [5.41, 5.74) is 8.27. The van der Waals surface area contributed by atoms with Crippen molar-refractivity contribution in [2.45, 2.75) is 19.3 Å². The molecule has 1 aromatic heterocycles. The van der Waals surface area contributed by atoms with Crippen LogP contribution in [-0.2, 0) is 7.05 Å². The van der Waals surface area contributed by atoms with Crippen molar-refractivity contribution < 1.29 is 0 Å². The maximum atomic E-state index is 5.72. The molecule has 1 unspecified atom stereocenters. The lowest BCUT2D eigenvalue weighted by Gasteiger charge is -2.17. The smallest absolute Gasteiger partial charge is 0.138 e. The molecule has 0 aliphatic carbocycles. The average Bonchev–Trinajstić information content (AvgIpc) is 2.74. The Morgan fingerprint density at radius 2 is 2.12 bits per heavy atom. The monoisotopic (exact) mass is 230 g/mol. The summed E-state index contributed by atoms with van der Waals surface area (Å²) in [6.45, 7) is 2.76. The minimum atomic E-state index is 0.230. The summed E-state index contributed by atoms with van der Waals surface area (Å²) < 4.78 is 1.83. The Morgan fingerprint density at radius 3 is 2.71 bits per heavy atom. The zero-order valence-corrected chi connectivity index (χ0v) is 10.3. The van der Waals surface area contributed by atoms with E-state index in [1.165, 1.54) is 11.1 Å². The summed E-state index contributed by atoms with van der Waals surface area (Å²) in [6, 6.07) is 8.37. The van der Waals surface area contributed by atoms with Crippen LogP contribution in [0.3, 0.4) is 0 Å². The van der Waals surface area contributed by atoms with Crippen LogP contribution in [0.15, 0.2) is 30.6 Å². The molecule has 0 saturated heterocycles. The molecule has 2 N–H and O–H groups in total. The third kappa shape index (κ3) is 2.36. The van der Waals surface area contributed by atoms with Crippen molar-refractivity contribution in [3.63, 3.8) is 0 Å². The standard InChI is InChI=1S/C13H18N4/c1-10-5-3-4-6-11(10)12(7-8-14)13-15-9-16-17(13)2/h3-6,9,12H,7-8,14H2,1-2H3. The van der Waals surface area contributed by atoms with Gasteiger partial charge in [-0.15, -0.1) is 0 Å². The summed E-state index contributed by atoms with van der Waals surface area (Å²) in [4.78, 5) is 4.35. The molecule has 0 bridgehead atoms. The quantitative estimate of drug-likeness (QED) is 0.868. The largest absolute Gasteiger partial charge is 0.330 e. The van der Waals surface area contributed by atoms with Gasteiger partial charge in [-0.25, -0.2) is 4.98 Å². The number of benzene rings is 1. The first-order chi connectivity index (χ1) is 8.24. The number of nitrogens with zero attached hydrogens (tertiary/aromatic N) is 3. The number of hydrogen-bond donors (Lipinski definition) is 1. The van der Waals surface area contributed by atoms with Crippen LogP contribution in [0.1, 0.15) is 29.3 Å². The van der Waals surface area contributed by atoms with E-state index in [2.05, 4.69) is 41.3 Å². The second-order valence-electron chi connectivity index (χ2n) is 4.23.